The van der Waals surface area contributed by atoms with E-state index in [0.717, 1.165) is 0 Å². The summed E-state index contributed by atoms with van der Waals surface area (Å²) in [7, 11) is 0. The second-order valence-electron chi connectivity index (χ2n) is 4.22. The van der Waals surface area contributed by atoms with Gasteiger partial charge in [-0.2, -0.15) is 0 Å². The molecule has 0 saturated carbocycles. The van der Waals surface area contributed by atoms with Crippen LogP contribution in [0.2, 0.25) is 0 Å². The Hall–Kier alpha value is -1.51. The van der Waals surface area contributed by atoms with Gasteiger partial charge in [0, 0.05) is 17.8 Å². The summed E-state index contributed by atoms with van der Waals surface area (Å²) in [5.41, 5.74) is 5.99. The van der Waals surface area contributed by atoms with Crippen molar-refractivity contribution in [2.75, 3.05) is 18.5 Å². The van der Waals surface area contributed by atoms with Crippen LogP contribution in [0.1, 0.15) is 0 Å². The van der Waals surface area contributed by atoms with Gasteiger partial charge in [0.05, 0.1) is 28.5 Å². The van der Waals surface area contributed by atoms with Crippen LogP contribution < -0.4 is 11.1 Å². The lowest BCUT2D eigenvalue weighted by molar-refractivity contribution is -0.385. The first-order valence-electron chi connectivity index (χ1n) is 5.57. The molecule has 1 aromatic carbocycles. The van der Waals surface area contributed by atoms with Crippen LogP contribution in [-0.2, 0) is 9.53 Å². The number of nitro benzene ring substituents is 1. The lowest BCUT2D eigenvalue weighted by atomic mass is 10.0. The number of nitrogens with zero attached hydrogens (tertiary/aromatic N) is 1. The summed E-state index contributed by atoms with van der Waals surface area (Å²) in [6, 6.07) is 4.05. The fourth-order valence-electron chi connectivity index (χ4n) is 1.81. The standard InChI is InChI=1S/C11H12BrN3O4/c12-8-2-1-6(3-10(8)15(17)18)14-11(16)7-4-19-5-9(7)13/h1-3,7,9H,4-5,13H2,(H,14,16). The minimum atomic E-state index is -0.524. The van der Waals surface area contributed by atoms with Gasteiger partial charge in [0.15, 0.2) is 0 Å². The Labute approximate surface area is 117 Å². The number of hydrogen-bond acceptors (Lipinski definition) is 5. The van der Waals surface area contributed by atoms with Crippen molar-refractivity contribution in [3.63, 3.8) is 0 Å². The van der Waals surface area contributed by atoms with Crippen LogP contribution in [0.5, 0.6) is 0 Å². The number of nitrogens with one attached hydrogen (secondary N) is 1. The van der Waals surface area contributed by atoms with Crippen LogP contribution in [0.3, 0.4) is 0 Å². The zero-order valence-electron chi connectivity index (χ0n) is 9.84. The highest BCUT2D eigenvalue weighted by Crippen LogP contribution is 2.28. The zero-order chi connectivity index (χ0) is 14.0. The molecule has 1 saturated heterocycles. The Morgan fingerprint density at radius 2 is 2.26 bits per heavy atom. The molecule has 0 aliphatic carbocycles. The van der Waals surface area contributed by atoms with Gasteiger partial charge in [0.1, 0.15) is 0 Å². The molecule has 0 spiro atoms. The van der Waals surface area contributed by atoms with Gasteiger partial charge in [-0.1, -0.05) is 0 Å². The molecule has 1 fully saturated rings. The molecule has 0 bridgehead atoms. The maximum atomic E-state index is 11.9. The second kappa shape index (κ2) is 5.64. The number of nitrogens with two attached hydrogens (primary N) is 1. The average Bonchev–Trinajstić information content (AvgIpc) is 2.77. The van der Waals surface area contributed by atoms with E-state index in [4.69, 9.17) is 10.5 Å². The summed E-state index contributed by atoms with van der Waals surface area (Å²) in [6.45, 7) is 0.615. The van der Waals surface area contributed by atoms with Crippen molar-refractivity contribution in [1.29, 1.82) is 0 Å². The number of ether oxygens (including phenoxy) is 1. The van der Waals surface area contributed by atoms with Crippen molar-refractivity contribution in [1.82, 2.24) is 0 Å². The Balaban J connectivity index is 2.13. The van der Waals surface area contributed by atoms with E-state index in [0.29, 0.717) is 16.8 Å². The molecule has 1 amide bonds. The van der Waals surface area contributed by atoms with Crippen LogP contribution in [0.15, 0.2) is 22.7 Å². The van der Waals surface area contributed by atoms with E-state index >= 15 is 0 Å². The van der Waals surface area contributed by atoms with Gasteiger partial charge in [-0.3, -0.25) is 14.9 Å². The first-order valence-corrected chi connectivity index (χ1v) is 6.36. The number of benzene rings is 1. The number of halogens is 1. The maximum absolute atomic E-state index is 11.9. The number of carbonyl (C=O) groups excluding carboxylic acids is 1. The molecule has 0 aromatic heterocycles. The molecule has 2 atom stereocenters. The lowest BCUT2D eigenvalue weighted by Crippen LogP contribution is -2.37. The SMILES string of the molecule is NC1COCC1C(=O)Nc1ccc(Br)c([N+](=O)[O-])c1. The first kappa shape index (κ1) is 13.9. The van der Waals surface area contributed by atoms with Crippen molar-refractivity contribution in [2.24, 2.45) is 11.7 Å². The number of nitro groups is 1. The average molecular weight is 330 g/mol. The summed E-state index contributed by atoms with van der Waals surface area (Å²) >= 11 is 3.08. The topological polar surface area (TPSA) is 107 Å². The lowest BCUT2D eigenvalue weighted by Gasteiger charge is -2.13. The summed E-state index contributed by atoms with van der Waals surface area (Å²) in [4.78, 5) is 22.2. The molecular weight excluding hydrogens is 318 g/mol. The fourth-order valence-corrected chi connectivity index (χ4v) is 2.20. The maximum Gasteiger partial charge on any atom is 0.285 e. The summed E-state index contributed by atoms with van der Waals surface area (Å²) < 4.78 is 5.47. The number of anilines is 1. The molecule has 7 nitrogen and oxygen atoms in total. The molecule has 8 heteroatoms. The molecule has 1 aliphatic heterocycles. The van der Waals surface area contributed by atoms with E-state index in [1.54, 1.807) is 6.07 Å². The molecule has 1 heterocycles. The van der Waals surface area contributed by atoms with E-state index in [-0.39, 0.29) is 24.2 Å². The molecule has 2 unspecified atom stereocenters. The third kappa shape index (κ3) is 3.09. The van der Waals surface area contributed by atoms with Gasteiger partial charge in [0.25, 0.3) is 5.69 Å². The van der Waals surface area contributed by atoms with Gasteiger partial charge >= 0.3 is 0 Å². The fraction of sp³-hybridized carbons (Fsp3) is 0.364. The van der Waals surface area contributed by atoms with Crippen molar-refractivity contribution in [2.45, 2.75) is 6.04 Å². The quantitative estimate of drug-likeness (QED) is 0.641. The Morgan fingerprint density at radius 3 is 2.84 bits per heavy atom. The monoisotopic (exact) mass is 329 g/mol. The minimum Gasteiger partial charge on any atom is -0.379 e. The molecule has 1 aromatic rings. The number of rotatable bonds is 3. The predicted octanol–water partition coefficient (Wildman–Crippen LogP) is 1.27. The minimum absolute atomic E-state index is 0.107. The van der Waals surface area contributed by atoms with E-state index in [2.05, 4.69) is 21.2 Å². The van der Waals surface area contributed by atoms with Gasteiger partial charge < -0.3 is 15.8 Å². The predicted molar refractivity (Wildman–Crippen MR) is 71.7 cm³/mol. The molecule has 19 heavy (non-hydrogen) atoms. The smallest absolute Gasteiger partial charge is 0.285 e. The first-order chi connectivity index (χ1) is 8.99. The van der Waals surface area contributed by atoms with E-state index in [1.165, 1.54) is 12.1 Å². The summed E-state index contributed by atoms with van der Waals surface area (Å²) in [6.07, 6.45) is 0. The molecule has 3 N–H and O–H groups in total. The highest BCUT2D eigenvalue weighted by molar-refractivity contribution is 9.10. The summed E-state index contributed by atoms with van der Waals surface area (Å²) in [5, 5.41) is 13.4. The van der Waals surface area contributed by atoms with Gasteiger partial charge in [-0.25, -0.2) is 0 Å². The van der Waals surface area contributed by atoms with E-state index in [9.17, 15) is 14.9 Å². The number of carbonyl (C=O) groups is 1. The highest BCUT2D eigenvalue weighted by atomic mass is 79.9. The van der Waals surface area contributed by atoms with Gasteiger partial charge in [-0.15, -0.1) is 0 Å². The van der Waals surface area contributed by atoms with Crippen molar-refractivity contribution >= 4 is 33.2 Å². The number of amides is 1. The third-order valence-corrected chi connectivity index (χ3v) is 3.54. The molecular formula is C11H12BrN3O4. The van der Waals surface area contributed by atoms with Crippen LogP contribution in [-0.4, -0.2) is 30.1 Å². The molecule has 102 valence electrons. The van der Waals surface area contributed by atoms with Crippen molar-refractivity contribution in [3.05, 3.63) is 32.8 Å². The molecule has 2 rings (SSSR count). The van der Waals surface area contributed by atoms with Crippen LogP contribution in [0.25, 0.3) is 0 Å². The number of hydrogen-bond donors (Lipinski definition) is 2. The van der Waals surface area contributed by atoms with Gasteiger partial charge in [-0.05, 0) is 28.1 Å². The Bertz CT molecular complexity index is 523. The summed E-state index contributed by atoms with van der Waals surface area (Å²) in [5.74, 6) is -0.718. The van der Waals surface area contributed by atoms with Crippen molar-refractivity contribution < 1.29 is 14.5 Å². The van der Waals surface area contributed by atoms with Crippen molar-refractivity contribution in [3.8, 4) is 0 Å². The van der Waals surface area contributed by atoms with Gasteiger partial charge in [0.2, 0.25) is 5.91 Å². The molecule has 0 radical (unpaired) electrons. The van der Waals surface area contributed by atoms with Crippen LogP contribution in [0.4, 0.5) is 11.4 Å². The Kier molecular flexibility index (Phi) is 4.13. The van der Waals surface area contributed by atoms with Crippen LogP contribution >= 0.6 is 15.9 Å². The van der Waals surface area contributed by atoms with E-state index < -0.39 is 10.8 Å². The second-order valence-corrected chi connectivity index (χ2v) is 5.07. The van der Waals surface area contributed by atoms with E-state index in [1.807, 2.05) is 0 Å². The molecule has 1 aliphatic rings. The normalized spacial score (nSPS) is 22.2. The largest absolute Gasteiger partial charge is 0.379 e. The zero-order valence-corrected chi connectivity index (χ0v) is 11.4. The van der Waals surface area contributed by atoms with Crippen LogP contribution in [0, 0.1) is 16.0 Å². The highest BCUT2D eigenvalue weighted by Gasteiger charge is 2.31. The Morgan fingerprint density at radius 1 is 1.53 bits per heavy atom. The third-order valence-electron chi connectivity index (χ3n) is 2.87.